The summed E-state index contributed by atoms with van der Waals surface area (Å²) >= 11 is 1.63. The Labute approximate surface area is 69.6 Å². The van der Waals surface area contributed by atoms with Gasteiger partial charge in [0, 0.05) is 0 Å². The van der Waals surface area contributed by atoms with Crippen LogP contribution in [0.1, 0.15) is 0 Å². The molecule has 0 amide bonds. The molecule has 0 saturated carbocycles. The number of rotatable bonds is 0. The Morgan fingerprint density at radius 3 is 2.60 bits per heavy atom. The minimum absolute atomic E-state index is 0.129. The molecular formula is C5H3F2IN2. The van der Waals surface area contributed by atoms with Crippen molar-refractivity contribution in [3.63, 3.8) is 0 Å². The van der Waals surface area contributed by atoms with Gasteiger partial charge in [-0.15, -0.1) is 0 Å². The normalized spacial score (nSPS) is 9.90. The van der Waals surface area contributed by atoms with E-state index < -0.39 is 17.6 Å². The molecule has 54 valence electrons. The van der Waals surface area contributed by atoms with Crippen molar-refractivity contribution in [1.29, 1.82) is 0 Å². The van der Waals surface area contributed by atoms with Crippen LogP contribution in [0.5, 0.6) is 0 Å². The summed E-state index contributed by atoms with van der Waals surface area (Å²) in [6, 6.07) is 0.998. The van der Waals surface area contributed by atoms with Gasteiger partial charge in [0.1, 0.15) is 0 Å². The highest BCUT2D eigenvalue weighted by Crippen LogP contribution is 2.13. The number of pyridine rings is 1. The van der Waals surface area contributed by atoms with Crippen molar-refractivity contribution in [1.82, 2.24) is 4.98 Å². The summed E-state index contributed by atoms with van der Waals surface area (Å²) in [4.78, 5) is 3.10. The van der Waals surface area contributed by atoms with Gasteiger partial charge < -0.3 is 5.73 Å². The first kappa shape index (κ1) is 7.64. The maximum Gasteiger partial charge on any atom is 0.228 e. The lowest BCUT2D eigenvalue weighted by Crippen LogP contribution is -1.99. The lowest BCUT2D eigenvalue weighted by atomic mass is 10.4. The first-order valence-corrected chi connectivity index (χ1v) is 3.46. The Bertz CT molecular complexity index is 214. The number of hydrogen-bond donors (Lipinski definition) is 1. The van der Waals surface area contributed by atoms with Gasteiger partial charge in [-0.3, -0.25) is 0 Å². The van der Waals surface area contributed by atoms with Crippen molar-refractivity contribution in [2.75, 3.05) is 5.73 Å². The standard InChI is InChI=1S/C5H3F2IN2/c6-2-1-3(8)4(7)10-5(2)9/h1H,(H2,9,10). The number of anilines is 1. The van der Waals surface area contributed by atoms with Gasteiger partial charge in [-0.05, 0) is 28.7 Å². The first-order chi connectivity index (χ1) is 4.61. The van der Waals surface area contributed by atoms with E-state index in [-0.39, 0.29) is 3.57 Å². The Balaban J connectivity index is 3.28. The van der Waals surface area contributed by atoms with Crippen LogP contribution in [-0.2, 0) is 0 Å². The van der Waals surface area contributed by atoms with Gasteiger partial charge in [0.25, 0.3) is 0 Å². The Morgan fingerprint density at radius 1 is 1.50 bits per heavy atom. The third-order valence-corrected chi connectivity index (χ3v) is 1.67. The van der Waals surface area contributed by atoms with Crippen molar-refractivity contribution >= 4 is 28.4 Å². The number of aromatic nitrogens is 1. The molecule has 0 fully saturated rings. The molecule has 1 aromatic heterocycles. The third-order valence-electron chi connectivity index (χ3n) is 0.914. The summed E-state index contributed by atoms with van der Waals surface area (Å²) in [5.74, 6) is -1.83. The molecule has 0 bridgehead atoms. The summed E-state index contributed by atoms with van der Waals surface area (Å²) in [5, 5.41) is 0. The molecule has 0 radical (unpaired) electrons. The van der Waals surface area contributed by atoms with Crippen molar-refractivity contribution < 1.29 is 8.78 Å². The van der Waals surface area contributed by atoms with Gasteiger partial charge in [-0.25, -0.2) is 4.39 Å². The molecule has 5 heteroatoms. The van der Waals surface area contributed by atoms with E-state index in [2.05, 4.69) is 4.98 Å². The van der Waals surface area contributed by atoms with E-state index in [0.29, 0.717) is 0 Å². The number of nitrogens with zero attached hydrogens (tertiary/aromatic N) is 1. The zero-order valence-corrected chi connectivity index (χ0v) is 6.89. The van der Waals surface area contributed by atoms with E-state index in [1.54, 1.807) is 22.6 Å². The minimum atomic E-state index is -0.737. The van der Waals surface area contributed by atoms with Crippen LogP contribution in [0.4, 0.5) is 14.6 Å². The number of hydrogen-bond acceptors (Lipinski definition) is 2. The molecule has 0 spiro atoms. The molecule has 0 unspecified atom stereocenters. The molecule has 1 aromatic rings. The van der Waals surface area contributed by atoms with Crippen molar-refractivity contribution in [2.45, 2.75) is 0 Å². The monoisotopic (exact) mass is 256 g/mol. The van der Waals surface area contributed by atoms with Gasteiger partial charge in [0.05, 0.1) is 3.57 Å². The van der Waals surface area contributed by atoms with Crippen LogP contribution in [0.2, 0.25) is 0 Å². The second-order valence-corrected chi connectivity index (χ2v) is 2.79. The van der Waals surface area contributed by atoms with Gasteiger partial charge in [0.15, 0.2) is 11.6 Å². The van der Waals surface area contributed by atoms with Crippen LogP contribution >= 0.6 is 22.6 Å². The van der Waals surface area contributed by atoms with E-state index >= 15 is 0 Å². The van der Waals surface area contributed by atoms with Gasteiger partial charge in [-0.2, -0.15) is 9.37 Å². The van der Waals surface area contributed by atoms with Gasteiger partial charge in [-0.1, -0.05) is 0 Å². The summed E-state index contributed by atoms with van der Waals surface area (Å²) in [6.45, 7) is 0. The minimum Gasteiger partial charge on any atom is -0.381 e. The Morgan fingerprint density at radius 2 is 2.10 bits per heavy atom. The molecule has 2 N–H and O–H groups in total. The molecule has 0 atom stereocenters. The van der Waals surface area contributed by atoms with Crippen LogP contribution in [0.25, 0.3) is 0 Å². The zero-order valence-electron chi connectivity index (χ0n) is 4.74. The molecule has 0 aliphatic carbocycles. The fourth-order valence-electron chi connectivity index (χ4n) is 0.457. The molecule has 0 aliphatic heterocycles. The molecule has 10 heavy (non-hydrogen) atoms. The van der Waals surface area contributed by atoms with E-state index in [4.69, 9.17) is 5.73 Å². The summed E-state index contributed by atoms with van der Waals surface area (Å²) < 4.78 is 24.9. The predicted molar refractivity (Wildman–Crippen MR) is 41.3 cm³/mol. The van der Waals surface area contributed by atoms with Gasteiger partial charge in [0.2, 0.25) is 5.95 Å². The van der Waals surface area contributed by atoms with Crippen molar-refractivity contribution in [2.24, 2.45) is 0 Å². The summed E-state index contributed by atoms with van der Waals surface area (Å²) in [7, 11) is 0. The van der Waals surface area contributed by atoms with E-state index in [1.165, 1.54) is 0 Å². The largest absolute Gasteiger partial charge is 0.381 e. The SMILES string of the molecule is Nc1nc(F)c(I)cc1F. The molecule has 0 saturated heterocycles. The molecule has 0 aliphatic rings. The fourth-order valence-corrected chi connectivity index (χ4v) is 0.851. The number of nitrogens with two attached hydrogens (primary N) is 1. The highest BCUT2D eigenvalue weighted by atomic mass is 127. The van der Waals surface area contributed by atoms with Crippen molar-refractivity contribution in [3.8, 4) is 0 Å². The highest BCUT2D eigenvalue weighted by molar-refractivity contribution is 14.1. The van der Waals surface area contributed by atoms with E-state index in [0.717, 1.165) is 6.07 Å². The molecule has 1 heterocycles. The molecule has 1 rings (SSSR count). The van der Waals surface area contributed by atoms with Crippen LogP contribution in [-0.4, -0.2) is 4.98 Å². The second kappa shape index (κ2) is 2.65. The van der Waals surface area contributed by atoms with Crippen LogP contribution in [0.3, 0.4) is 0 Å². The van der Waals surface area contributed by atoms with Crippen LogP contribution in [0, 0.1) is 15.3 Å². The summed E-state index contributed by atoms with van der Waals surface area (Å²) in [5.41, 5.74) is 4.96. The van der Waals surface area contributed by atoms with Crippen molar-refractivity contribution in [3.05, 3.63) is 21.4 Å². The lowest BCUT2D eigenvalue weighted by molar-refractivity contribution is 0.557. The number of halogens is 3. The van der Waals surface area contributed by atoms with Crippen LogP contribution < -0.4 is 5.73 Å². The topological polar surface area (TPSA) is 38.9 Å². The highest BCUT2D eigenvalue weighted by Gasteiger charge is 2.05. The second-order valence-electron chi connectivity index (χ2n) is 1.63. The quantitative estimate of drug-likeness (QED) is 0.565. The number of nitrogen functional groups attached to an aromatic ring is 1. The third kappa shape index (κ3) is 1.34. The lowest BCUT2D eigenvalue weighted by Gasteiger charge is -1.95. The van der Waals surface area contributed by atoms with E-state index in [9.17, 15) is 8.78 Å². The predicted octanol–water partition coefficient (Wildman–Crippen LogP) is 1.55. The average molecular weight is 256 g/mol. The van der Waals surface area contributed by atoms with Gasteiger partial charge >= 0.3 is 0 Å². The molecule has 0 aromatic carbocycles. The zero-order chi connectivity index (χ0) is 7.72. The maximum absolute atomic E-state index is 12.4. The summed E-state index contributed by atoms with van der Waals surface area (Å²) in [6.07, 6.45) is 0. The smallest absolute Gasteiger partial charge is 0.228 e. The molecule has 2 nitrogen and oxygen atoms in total. The van der Waals surface area contributed by atoms with E-state index in [1.807, 2.05) is 0 Å². The maximum atomic E-state index is 12.4. The average Bonchev–Trinajstić information content (AvgIpc) is 1.84. The Kier molecular flexibility index (Phi) is 2.02. The fraction of sp³-hybridized carbons (Fsp3) is 0. The first-order valence-electron chi connectivity index (χ1n) is 2.38. The Hall–Kier alpha value is -0.460. The molecular weight excluding hydrogens is 253 g/mol. The van der Waals surface area contributed by atoms with Crippen LogP contribution in [0.15, 0.2) is 6.07 Å².